The lowest BCUT2D eigenvalue weighted by Crippen LogP contribution is -2.14. The highest BCUT2D eigenvalue weighted by Gasteiger charge is 2.04. The van der Waals surface area contributed by atoms with Gasteiger partial charge in [-0.15, -0.1) is 10.2 Å². The Bertz CT molecular complexity index is 656. The average Bonchev–Trinajstić information content (AvgIpc) is 2.48. The number of aromatic carboxylic acids is 1. The monoisotopic (exact) mass is 286 g/mol. The van der Waals surface area contributed by atoms with Gasteiger partial charge in [0.25, 0.3) is 5.91 Å². The molecule has 0 aliphatic heterocycles. The van der Waals surface area contributed by atoms with Crippen molar-refractivity contribution in [2.24, 2.45) is 5.73 Å². The summed E-state index contributed by atoms with van der Waals surface area (Å²) in [5, 5.41) is 19.4. The standard InChI is InChI=1S/C14H14N4O3/c15-13(19)11-4-5-12(18-17-11)16-7-6-9-2-1-3-10(8-9)14(20)21/h1-5,8H,6-7H2,(H2,15,19)(H,16,18)(H,20,21). The van der Waals surface area contributed by atoms with Crippen molar-refractivity contribution in [1.29, 1.82) is 0 Å². The molecule has 1 amide bonds. The summed E-state index contributed by atoms with van der Waals surface area (Å²) in [6, 6.07) is 9.85. The Labute approximate surface area is 120 Å². The van der Waals surface area contributed by atoms with E-state index in [4.69, 9.17) is 10.8 Å². The van der Waals surface area contributed by atoms with Crippen molar-refractivity contribution in [1.82, 2.24) is 10.2 Å². The number of nitrogens with zero attached hydrogens (tertiary/aromatic N) is 2. The number of amides is 1. The molecular weight excluding hydrogens is 272 g/mol. The summed E-state index contributed by atoms with van der Waals surface area (Å²) in [5.74, 6) is -1.05. The molecule has 0 unspecified atom stereocenters. The number of anilines is 1. The Balaban J connectivity index is 1.90. The average molecular weight is 286 g/mol. The van der Waals surface area contributed by atoms with Crippen molar-refractivity contribution in [3.05, 3.63) is 53.2 Å². The summed E-state index contributed by atoms with van der Waals surface area (Å²) in [6.45, 7) is 0.563. The molecule has 0 spiro atoms. The lowest BCUT2D eigenvalue weighted by Gasteiger charge is -2.06. The van der Waals surface area contributed by atoms with Gasteiger partial charge in [0.1, 0.15) is 5.82 Å². The summed E-state index contributed by atoms with van der Waals surface area (Å²) in [7, 11) is 0. The molecule has 0 saturated heterocycles. The Kier molecular flexibility index (Phi) is 4.45. The lowest BCUT2D eigenvalue weighted by molar-refractivity contribution is 0.0696. The van der Waals surface area contributed by atoms with Gasteiger partial charge in [-0.3, -0.25) is 4.79 Å². The van der Waals surface area contributed by atoms with Crippen molar-refractivity contribution in [3.63, 3.8) is 0 Å². The van der Waals surface area contributed by atoms with E-state index < -0.39 is 11.9 Å². The Morgan fingerprint density at radius 1 is 1.19 bits per heavy atom. The second-order valence-electron chi connectivity index (χ2n) is 4.35. The van der Waals surface area contributed by atoms with Crippen molar-refractivity contribution in [2.75, 3.05) is 11.9 Å². The predicted octanol–water partition coefficient (Wildman–Crippen LogP) is 0.928. The first kappa shape index (κ1) is 14.4. The van der Waals surface area contributed by atoms with Gasteiger partial charge in [0.15, 0.2) is 5.69 Å². The molecule has 0 atom stereocenters. The van der Waals surface area contributed by atoms with Crippen LogP contribution in [0.4, 0.5) is 5.82 Å². The van der Waals surface area contributed by atoms with Crippen LogP contribution in [-0.2, 0) is 6.42 Å². The lowest BCUT2D eigenvalue weighted by atomic mass is 10.1. The van der Waals surface area contributed by atoms with E-state index in [1.807, 2.05) is 6.07 Å². The SMILES string of the molecule is NC(=O)c1ccc(NCCc2cccc(C(=O)O)c2)nn1. The van der Waals surface area contributed by atoms with Crippen LogP contribution in [0, 0.1) is 0 Å². The third-order valence-corrected chi connectivity index (χ3v) is 2.81. The maximum atomic E-state index is 10.9. The van der Waals surface area contributed by atoms with Crippen LogP contribution in [0.3, 0.4) is 0 Å². The Morgan fingerprint density at radius 2 is 2.00 bits per heavy atom. The first-order valence-corrected chi connectivity index (χ1v) is 6.26. The van der Waals surface area contributed by atoms with Gasteiger partial charge in [-0.1, -0.05) is 12.1 Å². The molecule has 4 N–H and O–H groups in total. The molecule has 1 aromatic carbocycles. The van der Waals surface area contributed by atoms with Gasteiger partial charge in [0.2, 0.25) is 0 Å². The minimum absolute atomic E-state index is 0.106. The number of carbonyl (C=O) groups excluding carboxylic acids is 1. The van der Waals surface area contributed by atoms with E-state index >= 15 is 0 Å². The highest BCUT2D eigenvalue weighted by atomic mass is 16.4. The van der Waals surface area contributed by atoms with Crippen LogP contribution < -0.4 is 11.1 Å². The summed E-state index contributed by atoms with van der Waals surface area (Å²) < 4.78 is 0. The second kappa shape index (κ2) is 6.47. The van der Waals surface area contributed by atoms with Crippen molar-refractivity contribution >= 4 is 17.7 Å². The Morgan fingerprint density at radius 3 is 2.62 bits per heavy atom. The number of nitrogens with two attached hydrogens (primary N) is 1. The minimum Gasteiger partial charge on any atom is -0.478 e. The number of aromatic nitrogens is 2. The zero-order valence-electron chi connectivity index (χ0n) is 11.1. The summed E-state index contributed by atoms with van der Waals surface area (Å²) >= 11 is 0. The van der Waals surface area contributed by atoms with Gasteiger partial charge in [-0.2, -0.15) is 0 Å². The van der Waals surface area contributed by atoms with Gasteiger partial charge < -0.3 is 16.2 Å². The molecule has 0 saturated carbocycles. The Hall–Kier alpha value is -2.96. The van der Waals surface area contributed by atoms with E-state index in [2.05, 4.69) is 15.5 Å². The zero-order chi connectivity index (χ0) is 15.2. The number of benzene rings is 1. The molecule has 0 bridgehead atoms. The molecule has 108 valence electrons. The number of carbonyl (C=O) groups is 2. The van der Waals surface area contributed by atoms with E-state index in [0.29, 0.717) is 18.8 Å². The number of rotatable bonds is 6. The molecule has 2 rings (SSSR count). The molecule has 21 heavy (non-hydrogen) atoms. The van der Waals surface area contributed by atoms with E-state index in [1.54, 1.807) is 24.3 Å². The van der Waals surface area contributed by atoms with Gasteiger partial charge in [0.05, 0.1) is 5.56 Å². The summed E-state index contributed by atoms with van der Waals surface area (Å²) in [6.07, 6.45) is 0.639. The van der Waals surface area contributed by atoms with Crippen LogP contribution in [0.2, 0.25) is 0 Å². The molecule has 7 heteroatoms. The molecule has 1 heterocycles. The molecule has 0 aliphatic carbocycles. The van der Waals surface area contributed by atoms with Gasteiger partial charge >= 0.3 is 5.97 Å². The summed E-state index contributed by atoms with van der Waals surface area (Å²) in [5.41, 5.74) is 6.34. The number of hydrogen-bond donors (Lipinski definition) is 3. The van der Waals surface area contributed by atoms with E-state index in [1.165, 1.54) is 6.07 Å². The second-order valence-corrected chi connectivity index (χ2v) is 4.35. The fourth-order valence-corrected chi connectivity index (χ4v) is 1.75. The topological polar surface area (TPSA) is 118 Å². The predicted molar refractivity (Wildman–Crippen MR) is 76.1 cm³/mol. The van der Waals surface area contributed by atoms with Crippen LogP contribution in [0.5, 0.6) is 0 Å². The smallest absolute Gasteiger partial charge is 0.335 e. The third kappa shape index (κ3) is 4.00. The quantitative estimate of drug-likeness (QED) is 0.727. The zero-order valence-corrected chi connectivity index (χ0v) is 11.1. The van der Waals surface area contributed by atoms with E-state index in [-0.39, 0.29) is 11.3 Å². The summed E-state index contributed by atoms with van der Waals surface area (Å²) in [4.78, 5) is 21.7. The van der Waals surface area contributed by atoms with Crippen LogP contribution >= 0.6 is 0 Å². The van der Waals surface area contributed by atoms with Crippen molar-refractivity contribution in [2.45, 2.75) is 6.42 Å². The van der Waals surface area contributed by atoms with Gasteiger partial charge in [-0.25, -0.2) is 4.79 Å². The molecule has 0 fully saturated rings. The molecule has 0 aliphatic rings. The van der Waals surface area contributed by atoms with Crippen molar-refractivity contribution < 1.29 is 14.7 Å². The number of hydrogen-bond acceptors (Lipinski definition) is 5. The first-order chi connectivity index (χ1) is 10.1. The molecule has 0 radical (unpaired) electrons. The number of primary amides is 1. The maximum absolute atomic E-state index is 10.9. The largest absolute Gasteiger partial charge is 0.478 e. The third-order valence-electron chi connectivity index (χ3n) is 2.81. The maximum Gasteiger partial charge on any atom is 0.335 e. The molecule has 1 aromatic heterocycles. The normalized spacial score (nSPS) is 10.1. The molecule has 7 nitrogen and oxygen atoms in total. The highest BCUT2D eigenvalue weighted by Crippen LogP contribution is 2.07. The van der Waals surface area contributed by atoms with E-state index in [0.717, 1.165) is 5.56 Å². The van der Waals surface area contributed by atoms with Crippen LogP contribution in [0.15, 0.2) is 36.4 Å². The van der Waals surface area contributed by atoms with E-state index in [9.17, 15) is 9.59 Å². The molecular formula is C14H14N4O3. The highest BCUT2D eigenvalue weighted by molar-refractivity contribution is 5.90. The van der Waals surface area contributed by atoms with Crippen LogP contribution in [-0.4, -0.2) is 33.7 Å². The van der Waals surface area contributed by atoms with Crippen LogP contribution in [0.25, 0.3) is 0 Å². The van der Waals surface area contributed by atoms with Crippen molar-refractivity contribution in [3.8, 4) is 0 Å². The minimum atomic E-state index is -0.947. The fraction of sp³-hybridized carbons (Fsp3) is 0.143. The fourth-order valence-electron chi connectivity index (χ4n) is 1.75. The van der Waals surface area contributed by atoms with Gasteiger partial charge in [0, 0.05) is 6.54 Å². The molecule has 2 aromatic rings. The number of carboxylic acids is 1. The first-order valence-electron chi connectivity index (χ1n) is 6.26. The number of carboxylic acid groups (broad SMARTS) is 1. The number of nitrogens with one attached hydrogen (secondary N) is 1. The van der Waals surface area contributed by atoms with Crippen LogP contribution in [0.1, 0.15) is 26.4 Å². The van der Waals surface area contributed by atoms with Gasteiger partial charge in [-0.05, 0) is 36.2 Å².